The Hall–Kier alpha value is -0.610. The SMILES string of the molecule is CC(C)C(CO)NC(=O)CCN1CCCC1. The molecule has 1 fully saturated rings. The molecule has 0 saturated carbocycles. The quantitative estimate of drug-likeness (QED) is 0.700. The van der Waals surface area contributed by atoms with E-state index in [9.17, 15) is 4.79 Å². The molecule has 0 aromatic rings. The first-order valence-electron chi connectivity index (χ1n) is 6.26. The van der Waals surface area contributed by atoms with Crippen LogP contribution in [0.3, 0.4) is 0 Å². The summed E-state index contributed by atoms with van der Waals surface area (Å²) in [4.78, 5) is 13.9. The third-order valence-corrected chi connectivity index (χ3v) is 3.20. The molecule has 1 aliphatic rings. The summed E-state index contributed by atoms with van der Waals surface area (Å²) in [6, 6.07) is -0.105. The number of nitrogens with one attached hydrogen (secondary N) is 1. The van der Waals surface area contributed by atoms with Gasteiger partial charge in [-0.3, -0.25) is 4.79 Å². The highest BCUT2D eigenvalue weighted by Crippen LogP contribution is 2.07. The lowest BCUT2D eigenvalue weighted by atomic mass is 10.1. The monoisotopic (exact) mass is 228 g/mol. The lowest BCUT2D eigenvalue weighted by Crippen LogP contribution is -2.42. The Bertz CT molecular complexity index is 213. The van der Waals surface area contributed by atoms with E-state index in [0.29, 0.717) is 6.42 Å². The van der Waals surface area contributed by atoms with Crippen molar-refractivity contribution in [3.05, 3.63) is 0 Å². The summed E-state index contributed by atoms with van der Waals surface area (Å²) < 4.78 is 0. The van der Waals surface area contributed by atoms with Crippen LogP contribution in [0.15, 0.2) is 0 Å². The minimum absolute atomic E-state index is 0.0210. The molecule has 0 aromatic heterocycles. The molecule has 0 radical (unpaired) electrons. The van der Waals surface area contributed by atoms with Crippen LogP contribution in [-0.4, -0.2) is 48.2 Å². The minimum Gasteiger partial charge on any atom is -0.394 e. The maximum Gasteiger partial charge on any atom is 0.221 e. The zero-order chi connectivity index (χ0) is 12.0. The van der Waals surface area contributed by atoms with Crippen molar-refractivity contribution >= 4 is 5.91 Å². The fourth-order valence-corrected chi connectivity index (χ4v) is 1.97. The van der Waals surface area contributed by atoms with Crippen LogP contribution in [0.1, 0.15) is 33.1 Å². The van der Waals surface area contributed by atoms with Gasteiger partial charge in [0, 0.05) is 13.0 Å². The summed E-state index contributed by atoms with van der Waals surface area (Å²) in [6.45, 7) is 7.13. The molecule has 4 nitrogen and oxygen atoms in total. The Morgan fingerprint density at radius 1 is 1.38 bits per heavy atom. The molecule has 1 rings (SSSR count). The zero-order valence-corrected chi connectivity index (χ0v) is 10.4. The molecule has 4 heteroatoms. The summed E-state index contributed by atoms with van der Waals surface area (Å²) >= 11 is 0. The van der Waals surface area contributed by atoms with Crippen molar-refractivity contribution in [2.45, 2.75) is 39.2 Å². The number of aliphatic hydroxyl groups is 1. The molecule has 1 heterocycles. The average Bonchev–Trinajstić information content (AvgIpc) is 2.75. The topological polar surface area (TPSA) is 52.6 Å². The number of carbonyl (C=O) groups is 1. The van der Waals surface area contributed by atoms with E-state index in [2.05, 4.69) is 10.2 Å². The van der Waals surface area contributed by atoms with E-state index in [4.69, 9.17) is 5.11 Å². The molecule has 1 saturated heterocycles. The summed E-state index contributed by atoms with van der Waals surface area (Å²) in [5, 5.41) is 12.0. The molecule has 2 N–H and O–H groups in total. The Balaban J connectivity index is 2.18. The number of likely N-dealkylation sites (tertiary alicyclic amines) is 1. The molecule has 1 unspecified atom stereocenters. The van der Waals surface area contributed by atoms with E-state index in [-0.39, 0.29) is 24.5 Å². The highest BCUT2D eigenvalue weighted by Gasteiger charge is 2.16. The van der Waals surface area contributed by atoms with E-state index < -0.39 is 0 Å². The van der Waals surface area contributed by atoms with E-state index in [1.54, 1.807) is 0 Å². The van der Waals surface area contributed by atoms with Crippen LogP contribution >= 0.6 is 0 Å². The van der Waals surface area contributed by atoms with Gasteiger partial charge in [0.15, 0.2) is 0 Å². The summed E-state index contributed by atoms with van der Waals surface area (Å²) in [5.74, 6) is 0.334. The molecule has 0 bridgehead atoms. The fourth-order valence-electron chi connectivity index (χ4n) is 1.97. The van der Waals surface area contributed by atoms with E-state index in [1.807, 2.05) is 13.8 Å². The second-order valence-corrected chi connectivity index (χ2v) is 4.90. The van der Waals surface area contributed by atoms with Crippen molar-refractivity contribution in [2.75, 3.05) is 26.2 Å². The molecule has 0 aromatic carbocycles. The van der Waals surface area contributed by atoms with Crippen LogP contribution in [-0.2, 0) is 4.79 Å². The van der Waals surface area contributed by atoms with Gasteiger partial charge in [-0.15, -0.1) is 0 Å². The zero-order valence-electron chi connectivity index (χ0n) is 10.4. The largest absolute Gasteiger partial charge is 0.394 e. The lowest BCUT2D eigenvalue weighted by Gasteiger charge is -2.21. The number of nitrogens with zero attached hydrogens (tertiary/aromatic N) is 1. The van der Waals surface area contributed by atoms with Gasteiger partial charge in [0.25, 0.3) is 0 Å². The predicted molar refractivity (Wildman–Crippen MR) is 64.1 cm³/mol. The third kappa shape index (κ3) is 4.49. The number of carbonyl (C=O) groups excluding carboxylic acids is 1. The van der Waals surface area contributed by atoms with Crippen molar-refractivity contribution in [3.8, 4) is 0 Å². The van der Waals surface area contributed by atoms with Crippen LogP contribution in [0.5, 0.6) is 0 Å². The Morgan fingerprint density at radius 3 is 2.50 bits per heavy atom. The van der Waals surface area contributed by atoms with E-state index in [1.165, 1.54) is 12.8 Å². The standard InChI is InChI=1S/C12H24N2O2/c1-10(2)11(9-15)13-12(16)5-8-14-6-3-4-7-14/h10-11,15H,3-9H2,1-2H3,(H,13,16). The van der Waals surface area contributed by atoms with Gasteiger partial charge in [-0.1, -0.05) is 13.8 Å². The molecular formula is C12H24N2O2. The van der Waals surface area contributed by atoms with Gasteiger partial charge in [-0.05, 0) is 31.8 Å². The number of aliphatic hydroxyl groups excluding tert-OH is 1. The highest BCUT2D eigenvalue weighted by atomic mass is 16.3. The highest BCUT2D eigenvalue weighted by molar-refractivity contribution is 5.76. The predicted octanol–water partition coefficient (Wildman–Crippen LogP) is 0.605. The smallest absolute Gasteiger partial charge is 0.221 e. The molecule has 16 heavy (non-hydrogen) atoms. The first-order valence-corrected chi connectivity index (χ1v) is 6.26. The molecule has 0 aliphatic carbocycles. The molecule has 0 spiro atoms. The van der Waals surface area contributed by atoms with Gasteiger partial charge in [-0.25, -0.2) is 0 Å². The van der Waals surface area contributed by atoms with Crippen LogP contribution in [0.2, 0.25) is 0 Å². The van der Waals surface area contributed by atoms with Gasteiger partial charge in [0.1, 0.15) is 0 Å². The number of hydrogen-bond donors (Lipinski definition) is 2. The molecule has 1 aliphatic heterocycles. The Kier molecular flexibility index (Phi) is 5.77. The first-order chi connectivity index (χ1) is 7.63. The van der Waals surface area contributed by atoms with Crippen molar-refractivity contribution in [2.24, 2.45) is 5.92 Å². The average molecular weight is 228 g/mol. The normalized spacial score (nSPS) is 19.0. The summed E-state index contributed by atoms with van der Waals surface area (Å²) in [5.41, 5.74) is 0. The van der Waals surface area contributed by atoms with Crippen molar-refractivity contribution in [1.82, 2.24) is 10.2 Å². The molecular weight excluding hydrogens is 204 g/mol. The third-order valence-electron chi connectivity index (χ3n) is 3.20. The van der Waals surface area contributed by atoms with Crippen LogP contribution < -0.4 is 5.32 Å². The molecule has 94 valence electrons. The number of amides is 1. The molecule has 1 amide bonds. The first kappa shape index (κ1) is 13.5. The van der Waals surface area contributed by atoms with Crippen LogP contribution in [0.25, 0.3) is 0 Å². The second kappa shape index (κ2) is 6.86. The van der Waals surface area contributed by atoms with Gasteiger partial charge in [-0.2, -0.15) is 0 Å². The second-order valence-electron chi connectivity index (χ2n) is 4.90. The summed E-state index contributed by atoms with van der Waals surface area (Å²) in [7, 11) is 0. The Morgan fingerprint density at radius 2 is 2.00 bits per heavy atom. The van der Waals surface area contributed by atoms with Gasteiger partial charge in [0.2, 0.25) is 5.91 Å². The van der Waals surface area contributed by atoms with Gasteiger partial charge >= 0.3 is 0 Å². The van der Waals surface area contributed by atoms with Crippen molar-refractivity contribution in [1.29, 1.82) is 0 Å². The molecule has 1 atom stereocenters. The summed E-state index contributed by atoms with van der Waals surface area (Å²) in [6.07, 6.45) is 3.06. The van der Waals surface area contributed by atoms with Crippen molar-refractivity contribution < 1.29 is 9.90 Å². The van der Waals surface area contributed by atoms with Gasteiger partial charge in [0.05, 0.1) is 12.6 Å². The van der Waals surface area contributed by atoms with E-state index in [0.717, 1.165) is 19.6 Å². The maximum absolute atomic E-state index is 11.6. The maximum atomic E-state index is 11.6. The van der Waals surface area contributed by atoms with Crippen molar-refractivity contribution in [3.63, 3.8) is 0 Å². The lowest BCUT2D eigenvalue weighted by molar-refractivity contribution is -0.122. The Labute approximate surface area is 98.0 Å². The van der Waals surface area contributed by atoms with Crippen LogP contribution in [0, 0.1) is 5.92 Å². The number of rotatable bonds is 6. The minimum atomic E-state index is -0.105. The number of hydrogen-bond acceptors (Lipinski definition) is 3. The fraction of sp³-hybridized carbons (Fsp3) is 0.917. The van der Waals surface area contributed by atoms with Gasteiger partial charge < -0.3 is 15.3 Å². The van der Waals surface area contributed by atoms with E-state index >= 15 is 0 Å². The van der Waals surface area contributed by atoms with Crippen LogP contribution in [0.4, 0.5) is 0 Å².